The number of hydrogen-bond acceptors (Lipinski definition) is 4. The minimum atomic E-state index is -0.621. The summed E-state index contributed by atoms with van der Waals surface area (Å²) < 4.78 is 0. The van der Waals surface area contributed by atoms with E-state index in [0.29, 0.717) is 12.5 Å². The van der Waals surface area contributed by atoms with Crippen LogP contribution in [0.25, 0.3) is 0 Å². The maximum absolute atomic E-state index is 12.3. The largest absolute Gasteiger partial charge is 0.337 e. The highest BCUT2D eigenvalue weighted by molar-refractivity contribution is 5.85. The Morgan fingerprint density at radius 3 is 2.67 bits per heavy atom. The fourth-order valence-electron chi connectivity index (χ4n) is 3.83. The molecule has 0 unspecified atom stereocenters. The number of aromatic amines is 1. The number of aromatic nitrogens is 2. The molecule has 132 valence electrons. The first kappa shape index (κ1) is 18.8. The van der Waals surface area contributed by atoms with Gasteiger partial charge in [0, 0.05) is 17.8 Å². The molecule has 0 bridgehead atoms. The van der Waals surface area contributed by atoms with Gasteiger partial charge in [-0.3, -0.25) is 14.8 Å². The monoisotopic (exact) mass is 351 g/mol. The van der Waals surface area contributed by atoms with E-state index in [0.717, 1.165) is 51.6 Å². The number of nitrogens with one attached hydrogen (secondary N) is 2. The number of carbonyl (C=O) groups excluding carboxylic acids is 1. The molecule has 0 radical (unpaired) electrons. The van der Waals surface area contributed by atoms with Crippen LogP contribution in [0.4, 0.5) is 0 Å². The van der Waals surface area contributed by atoms with Crippen molar-refractivity contribution in [1.29, 1.82) is 5.26 Å². The molecule has 1 aliphatic heterocycles. The number of nitriles is 1. The molecule has 24 heavy (non-hydrogen) atoms. The molecule has 6 nitrogen and oxygen atoms in total. The SMILES string of the molecule is Cl.N#CC1(NC(=O)CN2CCC(c3ccn[nH]3)CC2)CCCCC1. The van der Waals surface area contributed by atoms with E-state index in [-0.39, 0.29) is 18.3 Å². The topological polar surface area (TPSA) is 84.8 Å². The number of carbonyl (C=O) groups is 1. The van der Waals surface area contributed by atoms with Crippen molar-refractivity contribution in [3.63, 3.8) is 0 Å². The molecule has 2 heterocycles. The molecule has 2 N–H and O–H groups in total. The zero-order valence-electron chi connectivity index (χ0n) is 14.0. The number of H-pyrrole nitrogens is 1. The molecule has 1 aliphatic carbocycles. The maximum atomic E-state index is 12.3. The smallest absolute Gasteiger partial charge is 0.235 e. The summed E-state index contributed by atoms with van der Waals surface area (Å²) in [6, 6.07) is 4.38. The average molecular weight is 352 g/mol. The van der Waals surface area contributed by atoms with Crippen LogP contribution in [0.15, 0.2) is 12.3 Å². The van der Waals surface area contributed by atoms with Crippen LogP contribution in [-0.2, 0) is 4.79 Å². The summed E-state index contributed by atoms with van der Waals surface area (Å²) in [7, 11) is 0. The summed E-state index contributed by atoms with van der Waals surface area (Å²) in [5.74, 6) is 0.508. The lowest BCUT2D eigenvalue weighted by molar-refractivity contribution is -0.124. The van der Waals surface area contributed by atoms with Gasteiger partial charge >= 0.3 is 0 Å². The van der Waals surface area contributed by atoms with Crippen LogP contribution in [0, 0.1) is 11.3 Å². The van der Waals surface area contributed by atoms with Crippen molar-refractivity contribution in [1.82, 2.24) is 20.4 Å². The molecule has 7 heteroatoms. The Balaban J connectivity index is 0.00000208. The van der Waals surface area contributed by atoms with Gasteiger partial charge in [-0.25, -0.2) is 0 Å². The average Bonchev–Trinajstić information content (AvgIpc) is 3.11. The van der Waals surface area contributed by atoms with Crippen LogP contribution in [0.1, 0.15) is 56.6 Å². The molecular formula is C17H26ClN5O. The lowest BCUT2D eigenvalue weighted by Crippen LogP contribution is -2.52. The van der Waals surface area contributed by atoms with Gasteiger partial charge < -0.3 is 5.32 Å². The van der Waals surface area contributed by atoms with Crippen molar-refractivity contribution in [2.45, 2.75) is 56.4 Å². The third-order valence-corrected chi connectivity index (χ3v) is 5.22. The predicted molar refractivity (Wildman–Crippen MR) is 93.8 cm³/mol. The molecule has 3 rings (SSSR count). The number of amides is 1. The van der Waals surface area contributed by atoms with Crippen LogP contribution >= 0.6 is 12.4 Å². The van der Waals surface area contributed by atoms with E-state index < -0.39 is 5.54 Å². The third kappa shape index (κ3) is 4.49. The second kappa shape index (κ2) is 8.50. The van der Waals surface area contributed by atoms with Gasteiger partial charge in [0.15, 0.2) is 0 Å². The molecule has 2 fully saturated rings. The van der Waals surface area contributed by atoms with Gasteiger partial charge in [-0.15, -0.1) is 12.4 Å². The molecule has 2 aliphatic rings. The number of likely N-dealkylation sites (tertiary alicyclic amines) is 1. The van der Waals surface area contributed by atoms with Crippen molar-refractivity contribution in [3.8, 4) is 6.07 Å². The zero-order valence-corrected chi connectivity index (χ0v) is 14.8. The van der Waals surface area contributed by atoms with Gasteiger partial charge in [0.1, 0.15) is 5.54 Å². The summed E-state index contributed by atoms with van der Waals surface area (Å²) in [6.07, 6.45) is 8.68. The van der Waals surface area contributed by atoms with E-state index >= 15 is 0 Å². The highest BCUT2D eigenvalue weighted by atomic mass is 35.5. The van der Waals surface area contributed by atoms with E-state index in [4.69, 9.17) is 0 Å². The van der Waals surface area contributed by atoms with Crippen molar-refractivity contribution >= 4 is 18.3 Å². The molecule has 1 aromatic heterocycles. The summed E-state index contributed by atoms with van der Waals surface area (Å²) >= 11 is 0. The fourth-order valence-corrected chi connectivity index (χ4v) is 3.83. The van der Waals surface area contributed by atoms with Gasteiger partial charge in [0.25, 0.3) is 0 Å². The molecule has 0 atom stereocenters. The van der Waals surface area contributed by atoms with Gasteiger partial charge in [0.2, 0.25) is 5.91 Å². The maximum Gasteiger partial charge on any atom is 0.235 e. The summed E-state index contributed by atoms with van der Waals surface area (Å²) in [5, 5.41) is 19.5. The molecular weight excluding hydrogens is 326 g/mol. The third-order valence-electron chi connectivity index (χ3n) is 5.22. The number of piperidine rings is 1. The summed E-state index contributed by atoms with van der Waals surface area (Å²) in [5.41, 5.74) is 0.573. The zero-order chi connectivity index (χ0) is 16.1. The Kier molecular flexibility index (Phi) is 6.64. The van der Waals surface area contributed by atoms with Gasteiger partial charge in [-0.05, 0) is 44.8 Å². The van der Waals surface area contributed by atoms with Gasteiger partial charge in [-0.1, -0.05) is 19.3 Å². The first-order valence-electron chi connectivity index (χ1n) is 8.65. The quantitative estimate of drug-likeness (QED) is 0.872. The van der Waals surface area contributed by atoms with Crippen molar-refractivity contribution in [2.75, 3.05) is 19.6 Å². The second-order valence-corrected chi connectivity index (χ2v) is 6.87. The molecule has 1 aromatic rings. The Labute approximate surface area is 149 Å². The second-order valence-electron chi connectivity index (χ2n) is 6.87. The Hall–Kier alpha value is -1.58. The van der Waals surface area contributed by atoms with E-state index in [1.807, 2.05) is 6.07 Å². The van der Waals surface area contributed by atoms with Gasteiger partial charge in [0.05, 0.1) is 12.6 Å². The minimum Gasteiger partial charge on any atom is -0.337 e. The Morgan fingerprint density at radius 2 is 2.08 bits per heavy atom. The minimum absolute atomic E-state index is 0. The van der Waals surface area contributed by atoms with Crippen LogP contribution in [0.3, 0.4) is 0 Å². The van der Waals surface area contributed by atoms with Crippen molar-refractivity contribution in [2.24, 2.45) is 0 Å². The number of nitrogens with zero attached hydrogens (tertiary/aromatic N) is 3. The van der Waals surface area contributed by atoms with Crippen LogP contribution < -0.4 is 5.32 Å². The van der Waals surface area contributed by atoms with E-state index in [1.165, 1.54) is 12.1 Å². The molecule has 1 saturated carbocycles. The van der Waals surface area contributed by atoms with Crippen molar-refractivity contribution in [3.05, 3.63) is 18.0 Å². The van der Waals surface area contributed by atoms with Crippen LogP contribution in [0.2, 0.25) is 0 Å². The normalized spacial score (nSPS) is 21.5. The summed E-state index contributed by atoms with van der Waals surface area (Å²) in [6.45, 7) is 2.23. The standard InChI is InChI=1S/C17H25N5O.ClH/c18-13-17(7-2-1-3-8-17)20-16(23)12-22-10-5-14(6-11-22)15-4-9-19-21-15;/h4,9,14H,1-3,5-8,10-12H2,(H,19,21)(H,20,23);1H. The lowest BCUT2D eigenvalue weighted by Gasteiger charge is -2.34. The molecule has 0 aromatic carbocycles. The highest BCUT2D eigenvalue weighted by Crippen LogP contribution is 2.28. The fraction of sp³-hybridized carbons (Fsp3) is 0.706. The lowest BCUT2D eigenvalue weighted by atomic mass is 9.83. The first-order chi connectivity index (χ1) is 11.2. The highest BCUT2D eigenvalue weighted by Gasteiger charge is 2.34. The van der Waals surface area contributed by atoms with E-state index in [2.05, 4.69) is 26.5 Å². The van der Waals surface area contributed by atoms with Crippen LogP contribution in [0.5, 0.6) is 0 Å². The number of halogens is 1. The Morgan fingerprint density at radius 1 is 1.38 bits per heavy atom. The predicted octanol–water partition coefficient (Wildman–Crippen LogP) is 2.35. The summed E-state index contributed by atoms with van der Waals surface area (Å²) in [4.78, 5) is 14.5. The van der Waals surface area contributed by atoms with E-state index in [9.17, 15) is 10.1 Å². The van der Waals surface area contributed by atoms with Crippen molar-refractivity contribution < 1.29 is 4.79 Å². The molecule has 1 saturated heterocycles. The first-order valence-corrected chi connectivity index (χ1v) is 8.65. The number of rotatable bonds is 4. The van der Waals surface area contributed by atoms with E-state index in [1.54, 1.807) is 6.20 Å². The Bertz CT molecular complexity index is 554. The van der Waals surface area contributed by atoms with Gasteiger partial charge in [-0.2, -0.15) is 10.4 Å². The molecule has 0 spiro atoms. The number of hydrogen-bond donors (Lipinski definition) is 2. The molecule has 1 amide bonds. The van der Waals surface area contributed by atoms with Crippen LogP contribution in [-0.4, -0.2) is 46.2 Å².